The van der Waals surface area contributed by atoms with Crippen LogP contribution in [-0.4, -0.2) is 47.2 Å². The maximum absolute atomic E-state index is 14.4. The van der Waals surface area contributed by atoms with Crippen molar-refractivity contribution in [2.75, 3.05) is 24.6 Å². The van der Waals surface area contributed by atoms with E-state index in [2.05, 4.69) is 14.7 Å². The molecule has 0 amide bonds. The second-order valence-corrected chi connectivity index (χ2v) is 4.75. The lowest BCUT2D eigenvalue weighted by molar-refractivity contribution is -0.193. The van der Waals surface area contributed by atoms with Gasteiger partial charge in [0.2, 0.25) is 5.95 Å². The number of carbonyl (C=O) groups is 1. The van der Waals surface area contributed by atoms with E-state index in [1.54, 1.807) is 6.07 Å². The van der Waals surface area contributed by atoms with Gasteiger partial charge in [-0.2, -0.15) is 5.26 Å². The summed E-state index contributed by atoms with van der Waals surface area (Å²) in [6.07, 6.45) is 0.501. The molecule has 2 rings (SSSR count). The van der Waals surface area contributed by atoms with Gasteiger partial charge in [0, 0.05) is 19.2 Å². The molecule has 1 atom stereocenters. The predicted molar refractivity (Wildman–Crippen MR) is 69.0 cm³/mol. The van der Waals surface area contributed by atoms with Crippen molar-refractivity contribution in [2.24, 2.45) is 0 Å². The lowest BCUT2D eigenvalue weighted by Gasteiger charge is -2.40. The van der Waals surface area contributed by atoms with E-state index in [-0.39, 0.29) is 24.8 Å². The van der Waals surface area contributed by atoms with E-state index in [1.165, 1.54) is 19.2 Å². The van der Waals surface area contributed by atoms with Gasteiger partial charge in [-0.15, -0.1) is 0 Å². The van der Waals surface area contributed by atoms with Crippen molar-refractivity contribution in [3.63, 3.8) is 0 Å². The highest BCUT2D eigenvalue weighted by Crippen LogP contribution is 2.41. The van der Waals surface area contributed by atoms with Crippen LogP contribution < -0.4 is 4.90 Å². The van der Waals surface area contributed by atoms with Gasteiger partial charge in [-0.05, 0) is 13.0 Å². The van der Waals surface area contributed by atoms with Crippen LogP contribution in [0.15, 0.2) is 12.3 Å². The summed E-state index contributed by atoms with van der Waals surface area (Å²) in [6.45, 7) is -0.0373. The van der Waals surface area contributed by atoms with E-state index in [1.807, 2.05) is 0 Å². The molecule has 0 saturated carbocycles. The number of carbonyl (C=O) groups excluding carboxylic acids is 1. The van der Waals surface area contributed by atoms with E-state index in [4.69, 9.17) is 5.26 Å². The van der Waals surface area contributed by atoms with E-state index >= 15 is 0 Å². The Labute approximate surface area is 124 Å². The Morgan fingerprint density at radius 2 is 2.27 bits per heavy atom. The maximum Gasteiger partial charge on any atom is 0.350 e. The van der Waals surface area contributed by atoms with Crippen LogP contribution in [0.3, 0.4) is 0 Å². The van der Waals surface area contributed by atoms with Crippen LogP contribution in [-0.2, 0) is 9.53 Å². The third-order valence-electron chi connectivity index (χ3n) is 3.33. The van der Waals surface area contributed by atoms with Gasteiger partial charge in [-0.3, -0.25) is 0 Å². The number of nitrogens with zero attached hydrogens (tertiary/aromatic N) is 4. The Morgan fingerprint density at radius 1 is 1.55 bits per heavy atom. The second kappa shape index (κ2) is 5.79. The highest BCUT2D eigenvalue weighted by molar-refractivity contribution is 5.81. The van der Waals surface area contributed by atoms with E-state index < -0.39 is 30.5 Å². The number of rotatable bonds is 3. The Balaban J connectivity index is 2.23. The van der Waals surface area contributed by atoms with Crippen molar-refractivity contribution >= 4 is 11.9 Å². The molecule has 0 aromatic carbocycles. The van der Waals surface area contributed by atoms with Crippen molar-refractivity contribution in [1.82, 2.24) is 9.97 Å². The average molecular weight is 314 g/mol. The first-order valence-electron chi connectivity index (χ1n) is 6.56. The van der Waals surface area contributed by atoms with Gasteiger partial charge in [0.1, 0.15) is 11.8 Å². The van der Waals surface area contributed by atoms with E-state index in [0.29, 0.717) is 0 Å². The lowest BCUT2D eigenvalue weighted by Crippen LogP contribution is -2.62. The first-order valence-corrected chi connectivity index (χ1v) is 6.56. The van der Waals surface area contributed by atoms with Gasteiger partial charge in [-0.1, -0.05) is 0 Å². The fourth-order valence-corrected chi connectivity index (χ4v) is 2.15. The Hall–Kier alpha value is -2.37. The summed E-state index contributed by atoms with van der Waals surface area (Å²) in [5, 5.41) is 8.75. The fourth-order valence-electron chi connectivity index (χ4n) is 2.15. The minimum Gasteiger partial charge on any atom is -0.463 e. The zero-order chi connectivity index (χ0) is 16.4. The SMILES string of the molecule is CCOC(=O)C1(F)CCN(c2nccc(C#N)n2)CC1(F)F. The van der Waals surface area contributed by atoms with Gasteiger partial charge < -0.3 is 9.64 Å². The molecule has 1 aliphatic heterocycles. The molecular weight excluding hydrogens is 301 g/mol. The standard InChI is InChI=1S/C13H13F3N4O2/c1-2-22-10(21)12(14)4-6-20(8-13(12,15)16)11-18-5-3-9(7-17)19-11/h3,5H,2,4,6,8H2,1H3. The summed E-state index contributed by atoms with van der Waals surface area (Å²) < 4.78 is 47.0. The van der Waals surface area contributed by atoms with Crippen LogP contribution in [0.2, 0.25) is 0 Å². The van der Waals surface area contributed by atoms with Gasteiger partial charge in [-0.25, -0.2) is 27.9 Å². The Kier molecular flexibility index (Phi) is 4.21. The second-order valence-electron chi connectivity index (χ2n) is 4.75. The van der Waals surface area contributed by atoms with Gasteiger partial charge in [0.05, 0.1) is 13.2 Å². The average Bonchev–Trinajstić information content (AvgIpc) is 2.50. The van der Waals surface area contributed by atoms with Crippen LogP contribution >= 0.6 is 0 Å². The molecule has 0 aliphatic carbocycles. The number of nitriles is 1. The topological polar surface area (TPSA) is 79.1 Å². The number of hydrogen-bond acceptors (Lipinski definition) is 6. The fraction of sp³-hybridized carbons (Fsp3) is 0.538. The van der Waals surface area contributed by atoms with Crippen molar-refractivity contribution in [3.8, 4) is 6.07 Å². The summed E-state index contributed by atoms with van der Waals surface area (Å²) in [7, 11) is 0. The Bertz CT molecular complexity index is 620. The molecule has 1 saturated heterocycles. The largest absolute Gasteiger partial charge is 0.463 e. The number of alkyl halides is 3. The maximum atomic E-state index is 14.4. The summed E-state index contributed by atoms with van der Waals surface area (Å²) in [5.74, 6) is -5.63. The molecule has 1 unspecified atom stereocenters. The van der Waals surface area contributed by atoms with Crippen LogP contribution in [0.5, 0.6) is 0 Å². The molecule has 9 heteroatoms. The monoisotopic (exact) mass is 314 g/mol. The quantitative estimate of drug-likeness (QED) is 0.786. The van der Waals surface area contributed by atoms with Crippen LogP contribution in [0.25, 0.3) is 0 Å². The molecular formula is C13H13F3N4O2. The van der Waals surface area contributed by atoms with E-state index in [0.717, 1.165) is 4.90 Å². The number of piperidine rings is 1. The smallest absolute Gasteiger partial charge is 0.350 e. The molecule has 2 heterocycles. The third kappa shape index (κ3) is 2.68. The minimum absolute atomic E-state index is 0.00999. The van der Waals surface area contributed by atoms with Crippen molar-refractivity contribution < 1.29 is 22.7 Å². The van der Waals surface area contributed by atoms with Crippen molar-refractivity contribution in [1.29, 1.82) is 5.26 Å². The molecule has 118 valence electrons. The molecule has 1 aliphatic rings. The van der Waals surface area contributed by atoms with Crippen LogP contribution in [0.4, 0.5) is 19.1 Å². The molecule has 0 N–H and O–H groups in total. The molecule has 1 fully saturated rings. The zero-order valence-corrected chi connectivity index (χ0v) is 11.7. The third-order valence-corrected chi connectivity index (χ3v) is 3.33. The van der Waals surface area contributed by atoms with Crippen LogP contribution in [0, 0.1) is 11.3 Å². The number of aromatic nitrogens is 2. The van der Waals surface area contributed by atoms with Crippen molar-refractivity contribution in [3.05, 3.63) is 18.0 Å². The van der Waals surface area contributed by atoms with Crippen LogP contribution in [0.1, 0.15) is 19.0 Å². The molecule has 0 radical (unpaired) electrons. The predicted octanol–water partition coefficient (Wildman–Crippen LogP) is 1.47. The molecule has 1 aromatic heterocycles. The highest BCUT2D eigenvalue weighted by Gasteiger charge is 2.64. The number of hydrogen-bond donors (Lipinski definition) is 0. The highest BCUT2D eigenvalue weighted by atomic mass is 19.3. The summed E-state index contributed by atoms with van der Waals surface area (Å²) in [4.78, 5) is 20.1. The molecule has 22 heavy (non-hydrogen) atoms. The summed E-state index contributed by atoms with van der Waals surface area (Å²) in [6, 6.07) is 3.09. The molecule has 6 nitrogen and oxygen atoms in total. The Morgan fingerprint density at radius 3 is 2.86 bits per heavy atom. The number of halogens is 3. The minimum atomic E-state index is -3.95. The van der Waals surface area contributed by atoms with Crippen molar-refractivity contribution in [2.45, 2.75) is 24.9 Å². The number of esters is 1. The lowest BCUT2D eigenvalue weighted by atomic mass is 9.89. The zero-order valence-electron chi connectivity index (χ0n) is 11.7. The number of ether oxygens (including phenoxy) is 1. The molecule has 0 spiro atoms. The summed E-state index contributed by atoms with van der Waals surface area (Å²) >= 11 is 0. The first kappa shape index (κ1) is 16.0. The first-order chi connectivity index (χ1) is 10.3. The normalized spacial score (nSPS) is 23.7. The van der Waals surface area contributed by atoms with Gasteiger partial charge in [0.25, 0.3) is 5.67 Å². The number of anilines is 1. The van der Waals surface area contributed by atoms with E-state index in [9.17, 15) is 18.0 Å². The molecule has 0 bridgehead atoms. The molecule has 1 aromatic rings. The summed E-state index contributed by atoms with van der Waals surface area (Å²) in [5.41, 5.74) is -3.36. The van der Waals surface area contributed by atoms with Gasteiger partial charge in [0.15, 0.2) is 0 Å². The van der Waals surface area contributed by atoms with Gasteiger partial charge >= 0.3 is 11.9 Å².